The largest absolute Gasteiger partial charge is 0.475 e. The Morgan fingerprint density at radius 1 is 1.53 bits per heavy atom. The fraction of sp³-hybridized carbons (Fsp3) is 0.688. The number of alkyl halides is 2. The fourth-order valence-corrected chi connectivity index (χ4v) is 4.39. The van der Waals surface area contributed by atoms with Crippen LogP contribution >= 0.6 is 7.82 Å². The molecule has 2 fully saturated rings. The standard InChI is InChI=1S/C16H22F2N3O8P/c1-3-25-13(22)9(2)5-7-26-30(24)27-8-10-12(29-30)16(17,18)14(28-10)21-6-4-11(19)20-15(21)23/h4,6,9-10,12,14H,3,5,7-8H2,1-2H3,(H2,19,20,23)/t9-,10+,12+,14+,30+/m0/s1. The maximum atomic E-state index is 14.9. The van der Waals surface area contributed by atoms with Gasteiger partial charge in [-0.15, -0.1) is 0 Å². The quantitative estimate of drug-likeness (QED) is 0.477. The van der Waals surface area contributed by atoms with Gasteiger partial charge in [0, 0.05) is 6.20 Å². The molecule has 3 heterocycles. The molecule has 2 aliphatic heterocycles. The molecule has 0 spiro atoms. The summed E-state index contributed by atoms with van der Waals surface area (Å²) in [7, 11) is -4.34. The Kier molecular flexibility index (Phi) is 6.58. The van der Waals surface area contributed by atoms with Gasteiger partial charge in [0.05, 0.1) is 25.7 Å². The van der Waals surface area contributed by atoms with E-state index in [1.807, 2.05) is 0 Å². The van der Waals surface area contributed by atoms with Crippen LogP contribution in [-0.2, 0) is 32.4 Å². The Morgan fingerprint density at radius 3 is 2.93 bits per heavy atom. The minimum atomic E-state index is -4.34. The lowest BCUT2D eigenvalue weighted by molar-refractivity contribution is -0.148. The van der Waals surface area contributed by atoms with Gasteiger partial charge in [-0.05, 0) is 19.4 Å². The normalized spacial score (nSPS) is 31.1. The molecule has 30 heavy (non-hydrogen) atoms. The van der Waals surface area contributed by atoms with Crippen LogP contribution in [0.2, 0.25) is 0 Å². The van der Waals surface area contributed by atoms with Crippen LogP contribution in [0.1, 0.15) is 26.5 Å². The molecule has 11 nitrogen and oxygen atoms in total. The van der Waals surface area contributed by atoms with E-state index in [0.29, 0.717) is 4.57 Å². The van der Waals surface area contributed by atoms with Crippen molar-refractivity contribution < 1.29 is 41.2 Å². The topological polar surface area (TPSA) is 141 Å². The Bertz CT molecular complexity index is 897. The van der Waals surface area contributed by atoms with Crippen LogP contribution in [-0.4, -0.2) is 53.5 Å². The summed E-state index contributed by atoms with van der Waals surface area (Å²) in [5.41, 5.74) is 4.33. The first-order valence-electron chi connectivity index (χ1n) is 9.19. The monoisotopic (exact) mass is 453 g/mol. The van der Waals surface area contributed by atoms with Crippen LogP contribution in [0, 0.1) is 5.92 Å². The SMILES string of the molecule is CCOC(=O)[C@@H](C)CCO[P@]1(=O)OC[C@H]2O[C@@H](n3ccc(N)nc3=O)C(F)(F)[C@@H]2O1. The van der Waals surface area contributed by atoms with E-state index in [1.54, 1.807) is 13.8 Å². The van der Waals surface area contributed by atoms with Gasteiger partial charge < -0.3 is 15.2 Å². The highest BCUT2D eigenvalue weighted by atomic mass is 31.2. The van der Waals surface area contributed by atoms with Gasteiger partial charge in [0.15, 0.2) is 6.10 Å². The van der Waals surface area contributed by atoms with Crippen LogP contribution in [0.3, 0.4) is 0 Å². The second-order valence-corrected chi connectivity index (χ2v) is 8.41. The number of esters is 1. The summed E-state index contributed by atoms with van der Waals surface area (Å²) in [6.45, 7) is 2.70. The first kappa shape index (κ1) is 22.8. The van der Waals surface area contributed by atoms with E-state index in [-0.39, 0.29) is 25.5 Å². The van der Waals surface area contributed by atoms with E-state index in [9.17, 15) is 22.9 Å². The smallest absolute Gasteiger partial charge is 0.466 e. The highest BCUT2D eigenvalue weighted by Gasteiger charge is 2.65. The minimum absolute atomic E-state index is 0.117. The predicted octanol–water partition coefficient (Wildman–Crippen LogP) is 1.49. The van der Waals surface area contributed by atoms with E-state index in [0.717, 1.165) is 6.20 Å². The number of anilines is 1. The molecule has 3 rings (SSSR count). The van der Waals surface area contributed by atoms with Crippen molar-refractivity contribution in [3.8, 4) is 0 Å². The maximum absolute atomic E-state index is 14.9. The second-order valence-electron chi connectivity index (χ2n) is 6.79. The summed E-state index contributed by atoms with van der Waals surface area (Å²) < 4.78 is 68.2. The molecule has 2 saturated heterocycles. The summed E-state index contributed by atoms with van der Waals surface area (Å²) >= 11 is 0. The third-order valence-electron chi connectivity index (χ3n) is 4.58. The number of hydrogen-bond donors (Lipinski definition) is 1. The van der Waals surface area contributed by atoms with Crippen LogP contribution in [0.5, 0.6) is 0 Å². The van der Waals surface area contributed by atoms with Crippen LogP contribution in [0.15, 0.2) is 17.1 Å². The number of nitrogen functional groups attached to an aromatic ring is 1. The molecule has 2 N–H and O–H groups in total. The van der Waals surface area contributed by atoms with Crippen molar-refractivity contribution in [3.63, 3.8) is 0 Å². The highest BCUT2D eigenvalue weighted by Crippen LogP contribution is 2.59. The first-order chi connectivity index (χ1) is 14.1. The number of phosphoric ester groups is 1. The van der Waals surface area contributed by atoms with Crippen molar-refractivity contribution in [2.45, 2.75) is 44.6 Å². The van der Waals surface area contributed by atoms with E-state index >= 15 is 0 Å². The first-order valence-corrected chi connectivity index (χ1v) is 10.7. The number of carbonyl (C=O) groups excluding carboxylic acids is 1. The van der Waals surface area contributed by atoms with Crippen LogP contribution < -0.4 is 11.4 Å². The van der Waals surface area contributed by atoms with E-state index in [1.165, 1.54) is 6.07 Å². The Hall–Kier alpha value is -1.92. The average molecular weight is 453 g/mol. The van der Waals surface area contributed by atoms with Crippen molar-refractivity contribution in [2.75, 3.05) is 25.6 Å². The third-order valence-corrected chi connectivity index (χ3v) is 6.03. The Labute approximate surface area is 170 Å². The van der Waals surface area contributed by atoms with Crippen molar-refractivity contribution in [2.24, 2.45) is 5.92 Å². The number of aromatic nitrogens is 2. The molecule has 0 saturated carbocycles. The van der Waals surface area contributed by atoms with E-state index in [2.05, 4.69) is 4.98 Å². The number of nitrogens with two attached hydrogens (primary N) is 1. The van der Waals surface area contributed by atoms with Gasteiger partial charge in [-0.3, -0.25) is 22.9 Å². The van der Waals surface area contributed by atoms with Gasteiger partial charge in [-0.2, -0.15) is 13.8 Å². The molecule has 0 aromatic carbocycles. The van der Waals surface area contributed by atoms with E-state index in [4.69, 9.17) is 28.8 Å². The van der Waals surface area contributed by atoms with E-state index < -0.39 is 56.4 Å². The summed E-state index contributed by atoms with van der Waals surface area (Å²) in [5.74, 6) is -4.90. The van der Waals surface area contributed by atoms with Crippen LogP contribution in [0.25, 0.3) is 0 Å². The van der Waals surface area contributed by atoms with Gasteiger partial charge in [0.25, 0.3) is 0 Å². The highest BCUT2D eigenvalue weighted by molar-refractivity contribution is 7.48. The van der Waals surface area contributed by atoms with Crippen molar-refractivity contribution in [1.82, 2.24) is 9.55 Å². The molecule has 1 aromatic heterocycles. The number of carbonyl (C=O) groups is 1. The molecule has 2 aliphatic rings. The predicted molar refractivity (Wildman–Crippen MR) is 96.6 cm³/mol. The molecular formula is C16H22F2N3O8P. The lowest BCUT2D eigenvalue weighted by atomic mass is 10.1. The third kappa shape index (κ3) is 4.54. The zero-order valence-corrected chi connectivity index (χ0v) is 17.1. The van der Waals surface area contributed by atoms with Gasteiger partial charge >= 0.3 is 25.4 Å². The number of phosphoric acid groups is 1. The molecule has 5 atom stereocenters. The number of rotatable bonds is 7. The summed E-state index contributed by atoms with van der Waals surface area (Å²) in [6.07, 6.45) is -4.18. The van der Waals surface area contributed by atoms with Gasteiger partial charge in [-0.1, -0.05) is 6.92 Å². The molecule has 0 amide bonds. The lowest BCUT2D eigenvalue weighted by Gasteiger charge is -2.31. The number of hydrogen-bond acceptors (Lipinski definition) is 10. The zero-order chi connectivity index (χ0) is 22.1. The van der Waals surface area contributed by atoms with Crippen molar-refractivity contribution in [1.29, 1.82) is 0 Å². The molecular weight excluding hydrogens is 431 g/mol. The molecule has 1 aromatic rings. The average Bonchev–Trinajstić information content (AvgIpc) is 2.92. The number of halogens is 2. The maximum Gasteiger partial charge on any atom is 0.475 e. The van der Waals surface area contributed by atoms with Gasteiger partial charge in [0.2, 0.25) is 6.23 Å². The van der Waals surface area contributed by atoms with Crippen molar-refractivity contribution >= 4 is 19.6 Å². The van der Waals surface area contributed by atoms with Crippen molar-refractivity contribution in [3.05, 3.63) is 22.7 Å². The molecule has 0 radical (unpaired) electrons. The summed E-state index contributed by atoms with van der Waals surface area (Å²) in [5, 5.41) is 0. The number of ether oxygens (including phenoxy) is 2. The van der Waals surface area contributed by atoms with Gasteiger partial charge in [-0.25, -0.2) is 9.36 Å². The van der Waals surface area contributed by atoms with Gasteiger partial charge in [0.1, 0.15) is 11.9 Å². The number of fused-ring (bicyclic) bond motifs is 1. The Morgan fingerprint density at radius 2 is 2.27 bits per heavy atom. The molecule has 168 valence electrons. The Balaban J connectivity index is 1.66. The lowest BCUT2D eigenvalue weighted by Crippen LogP contribution is -2.45. The van der Waals surface area contributed by atoms with Crippen LogP contribution in [0.4, 0.5) is 14.6 Å². The summed E-state index contributed by atoms with van der Waals surface area (Å²) in [4.78, 5) is 26.9. The molecule has 0 aliphatic carbocycles. The second kappa shape index (κ2) is 8.67. The molecule has 14 heteroatoms. The molecule has 0 bridgehead atoms. The summed E-state index contributed by atoms with van der Waals surface area (Å²) in [6, 6.07) is 1.17. The minimum Gasteiger partial charge on any atom is -0.466 e. The number of nitrogens with zero attached hydrogens (tertiary/aromatic N) is 2. The zero-order valence-electron chi connectivity index (χ0n) is 16.2. The molecule has 0 unspecified atom stereocenters. The fourth-order valence-electron chi connectivity index (χ4n) is 2.98.